The van der Waals surface area contributed by atoms with Crippen molar-refractivity contribution in [2.75, 3.05) is 5.43 Å². The van der Waals surface area contributed by atoms with Crippen LogP contribution in [0, 0.1) is 13.8 Å². The zero-order chi connectivity index (χ0) is 14.0. The molecule has 2 rings (SSSR count). The lowest BCUT2D eigenvalue weighted by Gasteiger charge is -2.23. The van der Waals surface area contributed by atoms with Crippen molar-refractivity contribution in [1.82, 2.24) is 4.68 Å². The number of aromatic nitrogens is 1. The first kappa shape index (κ1) is 14.3. The fraction of sp³-hybridized carbons (Fsp3) is 0.333. The van der Waals surface area contributed by atoms with Crippen molar-refractivity contribution in [2.24, 2.45) is 0 Å². The van der Waals surface area contributed by atoms with E-state index in [0.29, 0.717) is 10.0 Å². The zero-order valence-corrected chi connectivity index (χ0v) is 12.9. The third-order valence-corrected chi connectivity index (χ3v) is 3.86. The molecule has 19 heavy (non-hydrogen) atoms. The number of nitrogens with one attached hydrogen (secondary N) is 1. The second-order valence-electron chi connectivity index (χ2n) is 4.71. The predicted octanol–water partition coefficient (Wildman–Crippen LogP) is 5.11. The predicted molar refractivity (Wildman–Crippen MR) is 82.8 cm³/mol. The largest absolute Gasteiger partial charge is 0.318 e. The van der Waals surface area contributed by atoms with Crippen molar-refractivity contribution in [1.29, 1.82) is 0 Å². The van der Waals surface area contributed by atoms with E-state index in [-0.39, 0.29) is 6.04 Å². The van der Waals surface area contributed by atoms with E-state index in [0.717, 1.165) is 12.0 Å². The van der Waals surface area contributed by atoms with Crippen molar-refractivity contribution in [3.8, 4) is 0 Å². The van der Waals surface area contributed by atoms with Gasteiger partial charge in [0.05, 0.1) is 6.04 Å². The number of rotatable bonds is 4. The zero-order valence-electron chi connectivity index (χ0n) is 11.4. The van der Waals surface area contributed by atoms with E-state index in [1.807, 2.05) is 12.1 Å². The Labute approximate surface area is 124 Å². The minimum Gasteiger partial charge on any atom is -0.318 e. The van der Waals surface area contributed by atoms with E-state index in [4.69, 9.17) is 23.2 Å². The molecule has 0 aliphatic rings. The minimum atomic E-state index is 0.162. The van der Waals surface area contributed by atoms with Crippen molar-refractivity contribution < 1.29 is 0 Å². The summed E-state index contributed by atoms with van der Waals surface area (Å²) in [7, 11) is 0. The number of halogens is 2. The first-order valence-corrected chi connectivity index (χ1v) is 7.15. The van der Waals surface area contributed by atoms with Gasteiger partial charge >= 0.3 is 0 Å². The van der Waals surface area contributed by atoms with Crippen molar-refractivity contribution in [3.63, 3.8) is 0 Å². The van der Waals surface area contributed by atoms with E-state index in [1.165, 1.54) is 11.4 Å². The molecule has 0 fully saturated rings. The molecule has 0 bridgehead atoms. The summed E-state index contributed by atoms with van der Waals surface area (Å²) in [6, 6.07) is 10.0. The van der Waals surface area contributed by atoms with E-state index >= 15 is 0 Å². The summed E-state index contributed by atoms with van der Waals surface area (Å²) in [5.41, 5.74) is 6.94. The Morgan fingerprint density at radius 3 is 2.26 bits per heavy atom. The van der Waals surface area contributed by atoms with Crippen LogP contribution in [0.15, 0.2) is 30.3 Å². The SMILES string of the molecule is CCC(Nn1c(C)ccc1C)c1ccc(Cl)cc1Cl. The van der Waals surface area contributed by atoms with Gasteiger partial charge in [-0.3, -0.25) is 4.68 Å². The molecule has 1 N–H and O–H groups in total. The molecule has 0 spiro atoms. The van der Waals surface area contributed by atoms with Crippen LogP contribution in [0.4, 0.5) is 0 Å². The van der Waals surface area contributed by atoms with Gasteiger partial charge in [0.1, 0.15) is 0 Å². The third kappa shape index (κ3) is 3.07. The molecule has 1 heterocycles. The van der Waals surface area contributed by atoms with Crippen LogP contribution < -0.4 is 5.43 Å². The first-order valence-electron chi connectivity index (χ1n) is 6.39. The number of nitrogens with zero attached hydrogens (tertiary/aromatic N) is 1. The summed E-state index contributed by atoms with van der Waals surface area (Å²) in [6.45, 7) is 6.29. The highest BCUT2D eigenvalue weighted by Crippen LogP contribution is 2.29. The molecule has 0 radical (unpaired) electrons. The van der Waals surface area contributed by atoms with Crippen LogP contribution in [0.1, 0.15) is 36.3 Å². The Morgan fingerprint density at radius 1 is 1.11 bits per heavy atom. The smallest absolute Gasteiger partial charge is 0.0685 e. The van der Waals surface area contributed by atoms with Crippen LogP contribution >= 0.6 is 23.2 Å². The number of hydrogen-bond donors (Lipinski definition) is 1. The van der Waals surface area contributed by atoms with Crippen LogP contribution in [0.3, 0.4) is 0 Å². The van der Waals surface area contributed by atoms with E-state index < -0.39 is 0 Å². The molecule has 1 atom stereocenters. The molecule has 4 heteroatoms. The second-order valence-corrected chi connectivity index (χ2v) is 5.55. The maximum atomic E-state index is 6.29. The number of aryl methyl sites for hydroxylation is 2. The molecule has 0 saturated carbocycles. The fourth-order valence-electron chi connectivity index (χ4n) is 2.19. The summed E-state index contributed by atoms with van der Waals surface area (Å²) in [6.07, 6.45) is 0.943. The van der Waals surface area contributed by atoms with E-state index in [1.54, 1.807) is 6.07 Å². The second kappa shape index (κ2) is 5.89. The summed E-state index contributed by atoms with van der Waals surface area (Å²) in [5, 5.41) is 1.37. The van der Waals surface area contributed by atoms with Gasteiger partial charge in [-0.2, -0.15) is 0 Å². The average molecular weight is 297 g/mol. The summed E-state index contributed by atoms with van der Waals surface area (Å²) >= 11 is 12.2. The van der Waals surface area contributed by atoms with Crippen LogP contribution in [0.25, 0.3) is 0 Å². The molecule has 1 aromatic heterocycles. The van der Waals surface area contributed by atoms with Gasteiger partial charge in [-0.25, -0.2) is 0 Å². The number of hydrogen-bond acceptors (Lipinski definition) is 1. The van der Waals surface area contributed by atoms with Crippen LogP contribution in [0.2, 0.25) is 10.0 Å². The van der Waals surface area contributed by atoms with E-state index in [9.17, 15) is 0 Å². The molecule has 2 aromatic rings. The molecule has 0 amide bonds. The van der Waals surface area contributed by atoms with E-state index in [2.05, 4.69) is 43.0 Å². The molecule has 1 aromatic carbocycles. The van der Waals surface area contributed by atoms with Crippen LogP contribution in [-0.4, -0.2) is 4.68 Å². The van der Waals surface area contributed by atoms with Gasteiger partial charge in [0.2, 0.25) is 0 Å². The van der Waals surface area contributed by atoms with Gasteiger partial charge in [0.15, 0.2) is 0 Å². The highest BCUT2D eigenvalue weighted by molar-refractivity contribution is 6.35. The van der Waals surface area contributed by atoms with Crippen LogP contribution in [0.5, 0.6) is 0 Å². The Bertz CT molecular complexity index is 556. The van der Waals surface area contributed by atoms with Gasteiger partial charge in [0, 0.05) is 21.4 Å². The molecule has 102 valence electrons. The average Bonchev–Trinajstić information content (AvgIpc) is 2.68. The topological polar surface area (TPSA) is 17.0 Å². The lowest BCUT2D eigenvalue weighted by atomic mass is 10.1. The normalized spacial score (nSPS) is 12.5. The van der Waals surface area contributed by atoms with Crippen molar-refractivity contribution in [2.45, 2.75) is 33.2 Å². The van der Waals surface area contributed by atoms with Crippen molar-refractivity contribution in [3.05, 3.63) is 57.3 Å². The summed E-state index contributed by atoms with van der Waals surface area (Å²) < 4.78 is 2.10. The molecule has 2 nitrogen and oxygen atoms in total. The standard InChI is InChI=1S/C15H18Cl2N2/c1-4-15(13-8-7-12(16)9-14(13)17)18-19-10(2)5-6-11(19)3/h5-9,15,18H,4H2,1-3H3. The Hall–Kier alpha value is -1.12. The maximum Gasteiger partial charge on any atom is 0.0685 e. The van der Waals surface area contributed by atoms with Crippen molar-refractivity contribution >= 4 is 23.2 Å². The Morgan fingerprint density at radius 2 is 1.74 bits per heavy atom. The van der Waals surface area contributed by atoms with Gasteiger partial charge in [-0.05, 0) is 50.1 Å². The third-order valence-electron chi connectivity index (χ3n) is 3.30. The highest BCUT2D eigenvalue weighted by Gasteiger charge is 2.14. The maximum absolute atomic E-state index is 6.29. The molecular formula is C15H18Cl2N2. The lowest BCUT2D eigenvalue weighted by molar-refractivity contribution is 0.636. The Balaban J connectivity index is 2.30. The van der Waals surface area contributed by atoms with Gasteiger partial charge < -0.3 is 5.43 Å². The van der Waals surface area contributed by atoms with Gasteiger partial charge in [-0.15, -0.1) is 0 Å². The molecule has 1 unspecified atom stereocenters. The van der Waals surface area contributed by atoms with Gasteiger partial charge in [-0.1, -0.05) is 36.2 Å². The monoisotopic (exact) mass is 296 g/mol. The molecule has 0 aliphatic carbocycles. The minimum absolute atomic E-state index is 0.162. The Kier molecular flexibility index (Phi) is 4.43. The number of benzene rings is 1. The highest BCUT2D eigenvalue weighted by atomic mass is 35.5. The van der Waals surface area contributed by atoms with Gasteiger partial charge in [0.25, 0.3) is 0 Å². The lowest BCUT2D eigenvalue weighted by Crippen LogP contribution is -2.22. The molecule has 0 aliphatic heterocycles. The summed E-state index contributed by atoms with van der Waals surface area (Å²) in [5.74, 6) is 0. The van der Waals surface area contributed by atoms with Crippen LogP contribution in [-0.2, 0) is 0 Å². The summed E-state index contributed by atoms with van der Waals surface area (Å²) in [4.78, 5) is 0. The molecule has 0 saturated heterocycles. The quantitative estimate of drug-likeness (QED) is 0.830. The fourth-order valence-corrected chi connectivity index (χ4v) is 2.73. The molecular weight excluding hydrogens is 279 g/mol. The first-order chi connectivity index (χ1) is 9.02.